The van der Waals surface area contributed by atoms with Gasteiger partial charge in [0.1, 0.15) is 0 Å². The molecule has 1 aromatic rings. The van der Waals surface area contributed by atoms with Gasteiger partial charge < -0.3 is 5.73 Å². The fourth-order valence-corrected chi connectivity index (χ4v) is 3.96. The van der Waals surface area contributed by atoms with E-state index in [9.17, 15) is 8.42 Å². The molecule has 1 aliphatic heterocycles. The smallest absolute Gasteiger partial charge is 0.216 e. The first kappa shape index (κ1) is 15.4. The molecular weight excluding hydrogens is 274 g/mol. The SMILES string of the molecule is CC1(C)CCN(S(=O)(=O)CC(N)c2ccccn2)CC1. The summed E-state index contributed by atoms with van der Waals surface area (Å²) < 4.78 is 26.4. The van der Waals surface area contributed by atoms with Gasteiger partial charge in [0.2, 0.25) is 10.0 Å². The zero-order valence-corrected chi connectivity index (χ0v) is 12.9. The topological polar surface area (TPSA) is 76.3 Å². The molecule has 5 nitrogen and oxygen atoms in total. The van der Waals surface area contributed by atoms with Crippen molar-refractivity contribution >= 4 is 10.0 Å². The summed E-state index contributed by atoms with van der Waals surface area (Å²) in [4.78, 5) is 4.12. The van der Waals surface area contributed by atoms with Gasteiger partial charge in [-0.15, -0.1) is 0 Å². The average molecular weight is 297 g/mol. The molecule has 0 radical (unpaired) electrons. The van der Waals surface area contributed by atoms with Crippen molar-refractivity contribution in [2.45, 2.75) is 32.7 Å². The van der Waals surface area contributed by atoms with Crippen molar-refractivity contribution in [1.82, 2.24) is 9.29 Å². The Morgan fingerprint density at radius 3 is 2.55 bits per heavy atom. The fourth-order valence-electron chi connectivity index (χ4n) is 2.38. The van der Waals surface area contributed by atoms with Crippen molar-refractivity contribution < 1.29 is 8.42 Å². The third kappa shape index (κ3) is 3.77. The minimum atomic E-state index is -3.31. The Balaban J connectivity index is 2.01. The number of nitrogens with two attached hydrogens (primary N) is 1. The van der Waals surface area contributed by atoms with Gasteiger partial charge in [0.25, 0.3) is 0 Å². The van der Waals surface area contributed by atoms with Gasteiger partial charge in [-0.2, -0.15) is 0 Å². The second-order valence-electron chi connectivity index (χ2n) is 6.20. The number of hydrogen-bond donors (Lipinski definition) is 1. The van der Waals surface area contributed by atoms with Crippen LogP contribution in [0.5, 0.6) is 0 Å². The maximum Gasteiger partial charge on any atom is 0.216 e. The third-order valence-electron chi connectivity index (χ3n) is 3.93. The van der Waals surface area contributed by atoms with E-state index in [1.807, 2.05) is 6.07 Å². The van der Waals surface area contributed by atoms with Crippen molar-refractivity contribution in [3.8, 4) is 0 Å². The largest absolute Gasteiger partial charge is 0.322 e. The van der Waals surface area contributed by atoms with E-state index < -0.39 is 16.1 Å². The van der Waals surface area contributed by atoms with Crippen molar-refractivity contribution in [2.24, 2.45) is 11.1 Å². The molecule has 1 saturated heterocycles. The van der Waals surface area contributed by atoms with Gasteiger partial charge in [-0.3, -0.25) is 4.98 Å². The van der Waals surface area contributed by atoms with Crippen molar-refractivity contribution in [3.63, 3.8) is 0 Å². The maximum atomic E-state index is 12.4. The van der Waals surface area contributed by atoms with Crippen molar-refractivity contribution in [3.05, 3.63) is 30.1 Å². The number of piperidine rings is 1. The van der Waals surface area contributed by atoms with Crippen LogP contribution in [0.4, 0.5) is 0 Å². The van der Waals surface area contributed by atoms with Gasteiger partial charge in [0.05, 0.1) is 17.5 Å². The first-order valence-electron chi connectivity index (χ1n) is 6.94. The molecule has 0 spiro atoms. The number of rotatable bonds is 4. The Kier molecular flexibility index (Phi) is 4.46. The summed E-state index contributed by atoms with van der Waals surface area (Å²) in [6.45, 7) is 5.53. The van der Waals surface area contributed by atoms with Gasteiger partial charge >= 0.3 is 0 Å². The van der Waals surface area contributed by atoms with Crippen LogP contribution >= 0.6 is 0 Å². The molecule has 0 amide bonds. The molecule has 112 valence electrons. The summed E-state index contributed by atoms with van der Waals surface area (Å²) in [7, 11) is -3.31. The summed E-state index contributed by atoms with van der Waals surface area (Å²) in [5.74, 6) is -0.0789. The molecule has 1 unspecified atom stereocenters. The molecule has 2 heterocycles. The van der Waals surface area contributed by atoms with E-state index in [0.29, 0.717) is 18.8 Å². The van der Waals surface area contributed by atoms with E-state index in [4.69, 9.17) is 5.73 Å². The molecule has 0 aliphatic carbocycles. The molecule has 2 rings (SSSR count). The Hall–Kier alpha value is -0.980. The lowest BCUT2D eigenvalue weighted by atomic mass is 9.83. The zero-order chi connectivity index (χ0) is 14.8. The lowest BCUT2D eigenvalue weighted by molar-refractivity contribution is 0.195. The van der Waals surface area contributed by atoms with Crippen LogP contribution in [-0.4, -0.2) is 36.5 Å². The van der Waals surface area contributed by atoms with Crippen molar-refractivity contribution in [1.29, 1.82) is 0 Å². The summed E-state index contributed by atoms with van der Waals surface area (Å²) in [6, 6.07) is 4.80. The van der Waals surface area contributed by atoms with E-state index in [2.05, 4.69) is 18.8 Å². The molecule has 0 aromatic carbocycles. The number of sulfonamides is 1. The highest BCUT2D eigenvalue weighted by atomic mass is 32.2. The van der Waals surface area contributed by atoms with Crippen LogP contribution in [0.25, 0.3) is 0 Å². The molecule has 0 bridgehead atoms. The number of hydrogen-bond acceptors (Lipinski definition) is 4. The van der Waals surface area contributed by atoms with Gasteiger partial charge in [-0.1, -0.05) is 19.9 Å². The second-order valence-corrected chi connectivity index (χ2v) is 8.22. The van der Waals surface area contributed by atoms with Crippen LogP contribution in [0.2, 0.25) is 0 Å². The minimum Gasteiger partial charge on any atom is -0.322 e. The molecule has 1 atom stereocenters. The molecule has 2 N–H and O–H groups in total. The summed E-state index contributed by atoms with van der Waals surface area (Å²) in [5, 5.41) is 0. The predicted molar refractivity (Wildman–Crippen MR) is 79.5 cm³/mol. The van der Waals surface area contributed by atoms with Crippen LogP contribution in [0.3, 0.4) is 0 Å². The van der Waals surface area contributed by atoms with E-state index in [-0.39, 0.29) is 11.2 Å². The maximum absolute atomic E-state index is 12.4. The lowest BCUT2D eigenvalue weighted by Gasteiger charge is -2.36. The monoisotopic (exact) mass is 297 g/mol. The lowest BCUT2D eigenvalue weighted by Crippen LogP contribution is -2.43. The first-order valence-corrected chi connectivity index (χ1v) is 8.55. The Bertz CT molecular complexity index is 533. The second kappa shape index (κ2) is 5.79. The van der Waals surface area contributed by atoms with Gasteiger partial charge in [-0.25, -0.2) is 12.7 Å². The Labute approximate surface area is 121 Å². The van der Waals surface area contributed by atoms with Crippen molar-refractivity contribution in [2.75, 3.05) is 18.8 Å². The van der Waals surface area contributed by atoms with Crippen LogP contribution < -0.4 is 5.73 Å². The summed E-state index contributed by atoms with van der Waals surface area (Å²) in [6.07, 6.45) is 3.42. The van der Waals surface area contributed by atoms with Gasteiger partial charge in [0.15, 0.2) is 0 Å². The third-order valence-corrected chi connectivity index (χ3v) is 5.86. The number of nitrogens with zero attached hydrogens (tertiary/aromatic N) is 2. The molecule has 0 saturated carbocycles. The Morgan fingerprint density at radius 2 is 2.00 bits per heavy atom. The van der Waals surface area contributed by atoms with E-state index in [1.54, 1.807) is 22.6 Å². The normalized spacial score (nSPS) is 21.6. The zero-order valence-electron chi connectivity index (χ0n) is 12.1. The van der Waals surface area contributed by atoms with Gasteiger partial charge in [-0.05, 0) is 30.4 Å². The molecule has 1 aromatic heterocycles. The number of aromatic nitrogens is 1. The predicted octanol–water partition coefficient (Wildman–Crippen LogP) is 1.53. The van der Waals surface area contributed by atoms with Crippen LogP contribution in [0, 0.1) is 5.41 Å². The van der Waals surface area contributed by atoms with E-state index >= 15 is 0 Å². The minimum absolute atomic E-state index is 0.0789. The highest BCUT2D eigenvalue weighted by Gasteiger charge is 2.32. The molecule has 6 heteroatoms. The first-order chi connectivity index (χ1) is 9.30. The standard InChI is InChI=1S/C14H23N3O2S/c1-14(2)6-9-17(10-7-14)20(18,19)11-12(15)13-5-3-4-8-16-13/h3-5,8,12H,6-7,9-11,15H2,1-2H3. The fraction of sp³-hybridized carbons (Fsp3) is 0.643. The summed E-state index contributed by atoms with van der Waals surface area (Å²) in [5.41, 5.74) is 6.82. The van der Waals surface area contributed by atoms with Crippen LogP contribution in [-0.2, 0) is 10.0 Å². The van der Waals surface area contributed by atoms with Crippen LogP contribution in [0.1, 0.15) is 38.4 Å². The van der Waals surface area contributed by atoms with Gasteiger partial charge in [0, 0.05) is 19.3 Å². The quantitative estimate of drug-likeness (QED) is 0.914. The van der Waals surface area contributed by atoms with Crippen LogP contribution in [0.15, 0.2) is 24.4 Å². The van der Waals surface area contributed by atoms with E-state index in [0.717, 1.165) is 12.8 Å². The average Bonchev–Trinajstić information content (AvgIpc) is 2.38. The summed E-state index contributed by atoms with van der Waals surface area (Å²) >= 11 is 0. The Morgan fingerprint density at radius 1 is 1.35 bits per heavy atom. The molecule has 1 fully saturated rings. The highest BCUT2D eigenvalue weighted by Crippen LogP contribution is 2.31. The molecule has 20 heavy (non-hydrogen) atoms. The molecular formula is C14H23N3O2S. The number of pyridine rings is 1. The molecule has 1 aliphatic rings. The van der Waals surface area contributed by atoms with E-state index in [1.165, 1.54) is 0 Å². The highest BCUT2D eigenvalue weighted by molar-refractivity contribution is 7.89.